The van der Waals surface area contributed by atoms with Gasteiger partial charge in [0.15, 0.2) is 0 Å². The number of hydrogen-bond donors (Lipinski definition) is 0. The number of benzene rings is 1. The number of rotatable bonds is 2. The van der Waals surface area contributed by atoms with Gasteiger partial charge in [-0.3, -0.25) is 0 Å². The van der Waals surface area contributed by atoms with Crippen LogP contribution in [0.1, 0.15) is 10.8 Å². The van der Waals surface area contributed by atoms with Gasteiger partial charge in [-0.2, -0.15) is 5.26 Å². The molecule has 0 heterocycles. The molecule has 1 unspecified atom stereocenters. The minimum Gasteiger partial charge on any atom is -0.197 e. The summed E-state index contributed by atoms with van der Waals surface area (Å²) in [6, 6.07) is 12.0. The molecule has 0 spiro atoms. The molecule has 1 nitrogen and oxygen atoms in total. The van der Waals surface area contributed by atoms with Crippen molar-refractivity contribution in [2.45, 2.75) is 5.25 Å². The van der Waals surface area contributed by atoms with E-state index in [-0.39, 0.29) is 5.25 Å². The van der Waals surface area contributed by atoms with Crippen LogP contribution in [-0.2, 0) is 0 Å². The van der Waals surface area contributed by atoms with Gasteiger partial charge in [0, 0.05) is 0 Å². The van der Waals surface area contributed by atoms with Crippen molar-refractivity contribution < 1.29 is 0 Å². The molecule has 1 aromatic carbocycles. The van der Waals surface area contributed by atoms with Crippen LogP contribution in [0, 0.1) is 11.3 Å². The molecule has 0 radical (unpaired) electrons. The topological polar surface area (TPSA) is 23.8 Å². The molecule has 0 aliphatic rings. The highest BCUT2D eigenvalue weighted by Crippen LogP contribution is 2.24. The van der Waals surface area contributed by atoms with Gasteiger partial charge in [-0.15, -0.1) is 11.8 Å². The normalized spacial score (nSPS) is 12.0. The van der Waals surface area contributed by atoms with E-state index in [1.807, 2.05) is 36.6 Å². The number of hydrogen-bond acceptors (Lipinski definition) is 2. The standard InChI is InChI=1S/C9H9NS/c1-11-9(7-10)8-5-3-2-4-6-8/h2-6,9H,1H3. The maximum Gasteiger partial charge on any atom is 0.116 e. The zero-order valence-electron chi connectivity index (χ0n) is 6.32. The molecule has 0 saturated carbocycles. The summed E-state index contributed by atoms with van der Waals surface area (Å²) in [5.41, 5.74) is 1.09. The molecule has 2 heteroatoms. The number of nitrogens with zero attached hydrogens (tertiary/aromatic N) is 1. The van der Waals surface area contributed by atoms with Gasteiger partial charge in [0.25, 0.3) is 0 Å². The Bertz CT molecular complexity index is 250. The Balaban J connectivity index is 2.85. The van der Waals surface area contributed by atoms with Crippen molar-refractivity contribution in [3.05, 3.63) is 35.9 Å². The Morgan fingerprint density at radius 1 is 1.36 bits per heavy atom. The Morgan fingerprint density at radius 3 is 2.45 bits per heavy atom. The van der Waals surface area contributed by atoms with Crippen LogP contribution >= 0.6 is 11.8 Å². The van der Waals surface area contributed by atoms with E-state index in [2.05, 4.69) is 6.07 Å². The summed E-state index contributed by atoms with van der Waals surface area (Å²) in [5.74, 6) is 0. The Labute approximate surface area is 71.0 Å². The lowest BCUT2D eigenvalue weighted by molar-refractivity contribution is 1.23. The largest absolute Gasteiger partial charge is 0.197 e. The minimum absolute atomic E-state index is 0.0174. The van der Waals surface area contributed by atoms with Crippen molar-refractivity contribution in [2.24, 2.45) is 0 Å². The number of nitriles is 1. The second kappa shape index (κ2) is 4.05. The molecular weight excluding hydrogens is 154 g/mol. The predicted molar refractivity (Wildman–Crippen MR) is 48.3 cm³/mol. The van der Waals surface area contributed by atoms with Crippen LogP contribution in [0.25, 0.3) is 0 Å². The zero-order chi connectivity index (χ0) is 8.10. The van der Waals surface area contributed by atoms with Crippen LogP contribution in [0.15, 0.2) is 30.3 Å². The average Bonchev–Trinajstić information content (AvgIpc) is 2.09. The first kappa shape index (κ1) is 8.16. The van der Waals surface area contributed by atoms with Crippen molar-refractivity contribution in [1.29, 1.82) is 5.26 Å². The van der Waals surface area contributed by atoms with Crippen molar-refractivity contribution >= 4 is 11.8 Å². The average molecular weight is 163 g/mol. The third-order valence-corrected chi connectivity index (χ3v) is 2.30. The molecule has 0 bridgehead atoms. The van der Waals surface area contributed by atoms with Crippen molar-refractivity contribution in [3.63, 3.8) is 0 Å². The van der Waals surface area contributed by atoms with Gasteiger partial charge in [-0.25, -0.2) is 0 Å². The highest BCUT2D eigenvalue weighted by molar-refractivity contribution is 7.99. The first-order chi connectivity index (χ1) is 5.38. The molecule has 0 amide bonds. The van der Waals surface area contributed by atoms with E-state index in [4.69, 9.17) is 5.26 Å². The van der Waals surface area contributed by atoms with Crippen molar-refractivity contribution in [3.8, 4) is 6.07 Å². The van der Waals surface area contributed by atoms with Crippen LogP contribution in [0.3, 0.4) is 0 Å². The second-order valence-corrected chi connectivity index (χ2v) is 3.10. The summed E-state index contributed by atoms with van der Waals surface area (Å²) in [7, 11) is 0. The van der Waals surface area contributed by atoms with E-state index in [0.29, 0.717) is 0 Å². The molecule has 0 saturated heterocycles. The lowest BCUT2D eigenvalue weighted by Gasteiger charge is -2.03. The Hall–Kier alpha value is -0.940. The molecule has 0 aliphatic heterocycles. The summed E-state index contributed by atoms with van der Waals surface area (Å²) in [6.45, 7) is 0. The summed E-state index contributed by atoms with van der Waals surface area (Å²) >= 11 is 1.56. The molecule has 0 aromatic heterocycles. The molecule has 0 aliphatic carbocycles. The van der Waals surface area contributed by atoms with Gasteiger partial charge < -0.3 is 0 Å². The third-order valence-electron chi connectivity index (χ3n) is 1.46. The lowest BCUT2D eigenvalue weighted by Crippen LogP contribution is -1.87. The summed E-state index contributed by atoms with van der Waals surface area (Å²) in [6.07, 6.45) is 1.95. The van der Waals surface area contributed by atoms with E-state index >= 15 is 0 Å². The molecular formula is C9H9NS. The maximum absolute atomic E-state index is 8.71. The molecule has 1 atom stereocenters. The molecule has 1 rings (SSSR count). The fourth-order valence-electron chi connectivity index (χ4n) is 0.891. The molecule has 56 valence electrons. The predicted octanol–water partition coefficient (Wildman–Crippen LogP) is 2.61. The van der Waals surface area contributed by atoms with Gasteiger partial charge in [0.2, 0.25) is 0 Å². The van der Waals surface area contributed by atoms with Gasteiger partial charge in [0.05, 0.1) is 6.07 Å². The molecule has 1 aromatic rings. The Morgan fingerprint density at radius 2 is 2.00 bits per heavy atom. The molecule has 0 N–H and O–H groups in total. The van der Waals surface area contributed by atoms with E-state index in [0.717, 1.165) is 5.56 Å². The first-order valence-corrected chi connectivity index (χ1v) is 4.64. The van der Waals surface area contributed by atoms with Crippen LogP contribution in [0.4, 0.5) is 0 Å². The van der Waals surface area contributed by atoms with E-state index in [1.54, 1.807) is 11.8 Å². The minimum atomic E-state index is -0.0174. The monoisotopic (exact) mass is 163 g/mol. The third kappa shape index (κ3) is 1.99. The first-order valence-electron chi connectivity index (χ1n) is 3.36. The molecule has 0 fully saturated rings. The lowest BCUT2D eigenvalue weighted by atomic mass is 10.2. The summed E-state index contributed by atoms with van der Waals surface area (Å²) < 4.78 is 0. The Kier molecular flexibility index (Phi) is 3.00. The van der Waals surface area contributed by atoms with Gasteiger partial charge in [0.1, 0.15) is 5.25 Å². The van der Waals surface area contributed by atoms with Crippen molar-refractivity contribution in [2.75, 3.05) is 6.26 Å². The van der Waals surface area contributed by atoms with Crippen molar-refractivity contribution in [1.82, 2.24) is 0 Å². The fraction of sp³-hybridized carbons (Fsp3) is 0.222. The van der Waals surface area contributed by atoms with Crippen LogP contribution in [0.2, 0.25) is 0 Å². The van der Waals surface area contributed by atoms with Crippen LogP contribution < -0.4 is 0 Å². The highest BCUT2D eigenvalue weighted by atomic mass is 32.2. The number of thioether (sulfide) groups is 1. The van der Waals surface area contributed by atoms with E-state index in [9.17, 15) is 0 Å². The van der Waals surface area contributed by atoms with E-state index < -0.39 is 0 Å². The zero-order valence-corrected chi connectivity index (χ0v) is 7.14. The summed E-state index contributed by atoms with van der Waals surface area (Å²) in [5, 5.41) is 8.69. The molecule has 11 heavy (non-hydrogen) atoms. The summed E-state index contributed by atoms with van der Waals surface area (Å²) in [4.78, 5) is 0. The highest BCUT2D eigenvalue weighted by Gasteiger charge is 2.05. The second-order valence-electron chi connectivity index (χ2n) is 2.16. The van der Waals surface area contributed by atoms with Gasteiger partial charge >= 0.3 is 0 Å². The fourth-order valence-corrected chi connectivity index (χ4v) is 1.43. The van der Waals surface area contributed by atoms with Crippen LogP contribution in [0.5, 0.6) is 0 Å². The SMILES string of the molecule is CSC(C#N)c1ccccc1. The van der Waals surface area contributed by atoms with E-state index in [1.165, 1.54) is 0 Å². The van der Waals surface area contributed by atoms with Gasteiger partial charge in [-0.1, -0.05) is 30.3 Å². The maximum atomic E-state index is 8.71. The van der Waals surface area contributed by atoms with Gasteiger partial charge in [-0.05, 0) is 11.8 Å². The quantitative estimate of drug-likeness (QED) is 0.669. The smallest absolute Gasteiger partial charge is 0.116 e. The van der Waals surface area contributed by atoms with Crippen LogP contribution in [-0.4, -0.2) is 6.26 Å².